The van der Waals surface area contributed by atoms with Gasteiger partial charge in [0.1, 0.15) is 0 Å². The molecule has 0 spiro atoms. The molecule has 2 aliphatic rings. The zero-order chi connectivity index (χ0) is 15.8. The van der Waals surface area contributed by atoms with Crippen LogP contribution in [0, 0.1) is 5.92 Å². The maximum atomic E-state index is 9.80. The summed E-state index contributed by atoms with van der Waals surface area (Å²) in [5.41, 5.74) is 0. The van der Waals surface area contributed by atoms with Gasteiger partial charge in [0.25, 0.3) is 0 Å². The zero-order valence-electron chi connectivity index (χ0n) is 14.3. The second kappa shape index (κ2) is 9.83. The number of β-amino-alcohol motifs (C(OH)–C–C–N with tert-alkyl or cyclic N) is 1. The van der Waals surface area contributed by atoms with E-state index in [-0.39, 0.29) is 6.10 Å². The molecular weight excluding hydrogens is 280 g/mol. The lowest BCUT2D eigenvalue weighted by Crippen LogP contribution is -2.47. The van der Waals surface area contributed by atoms with Crippen LogP contribution in [-0.2, 0) is 9.47 Å². The fraction of sp³-hybridized carbons (Fsp3) is 1.00. The van der Waals surface area contributed by atoms with E-state index in [0.717, 1.165) is 38.8 Å². The van der Waals surface area contributed by atoms with Crippen molar-refractivity contribution in [1.82, 2.24) is 10.2 Å². The van der Waals surface area contributed by atoms with Gasteiger partial charge in [-0.15, -0.1) is 0 Å². The molecule has 2 heterocycles. The van der Waals surface area contributed by atoms with Crippen molar-refractivity contribution in [3.8, 4) is 0 Å². The molecule has 0 amide bonds. The number of hydrogen-bond acceptors (Lipinski definition) is 5. The van der Waals surface area contributed by atoms with Gasteiger partial charge in [-0.05, 0) is 58.0 Å². The minimum absolute atomic E-state index is 0.359. The Morgan fingerprint density at radius 1 is 1.23 bits per heavy atom. The Bertz CT molecular complexity index is 290. The molecule has 0 saturated carbocycles. The highest BCUT2D eigenvalue weighted by Gasteiger charge is 2.23. The summed E-state index contributed by atoms with van der Waals surface area (Å²) in [6.45, 7) is 7.52. The highest BCUT2D eigenvalue weighted by atomic mass is 16.5. The molecule has 2 saturated heterocycles. The molecule has 2 N–H and O–H groups in total. The Morgan fingerprint density at radius 2 is 1.91 bits per heavy atom. The van der Waals surface area contributed by atoms with E-state index in [1.165, 1.54) is 32.1 Å². The van der Waals surface area contributed by atoms with Crippen LogP contribution in [0.2, 0.25) is 0 Å². The van der Waals surface area contributed by atoms with E-state index < -0.39 is 0 Å². The Labute approximate surface area is 135 Å². The fourth-order valence-corrected chi connectivity index (χ4v) is 3.78. The lowest BCUT2D eigenvalue weighted by molar-refractivity contribution is 0.0303. The maximum absolute atomic E-state index is 9.80. The predicted molar refractivity (Wildman–Crippen MR) is 88.1 cm³/mol. The van der Waals surface area contributed by atoms with Gasteiger partial charge in [0.05, 0.1) is 12.7 Å². The Kier molecular flexibility index (Phi) is 8.11. The predicted octanol–water partition coefficient (Wildman–Crippen LogP) is 1.25. The van der Waals surface area contributed by atoms with Gasteiger partial charge < -0.3 is 24.8 Å². The molecule has 5 heteroatoms. The number of aliphatic hydroxyl groups is 1. The molecule has 5 nitrogen and oxygen atoms in total. The van der Waals surface area contributed by atoms with Crippen LogP contribution < -0.4 is 5.32 Å². The van der Waals surface area contributed by atoms with Gasteiger partial charge in [-0.1, -0.05) is 0 Å². The molecule has 2 unspecified atom stereocenters. The number of rotatable bonds is 8. The number of piperidine rings is 1. The molecule has 130 valence electrons. The third-order valence-corrected chi connectivity index (χ3v) is 4.96. The Morgan fingerprint density at radius 3 is 2.55 bits per heavy atom. The number of ether oxygens (including phenoxy) is 2. The first kappa shape index (κ1) is 18.1. The van der Waals surface area contributed by atoms with Gasteiger partial charge in [-0.25, -0.2) is 0 Å². The van der Waals surface area contributed by atoms with Crippen LogP contribution in [0.1, 0.15) is 39.0 Å². The Hall–Kier alpha value is -0.200. The van der Waals surface area contributed by atoms with Gasteiger partial charge >= 0.3 is 0 Å². The van der Waals surface area contributed by atoms with Crippen molar-refractivity contribution in [2.45, 2.75) is 57.2 Å². The summed E-state index contributed by atoms with van der Waals surface area (Å²) in [5.74, 6) is 0.834. The SMILES string of the molecule is COCC(O)CN1CCC(NC(C)CC2CCOCC2)CC1. The molecule has 0 aromatic rings. The highest BCUT2D eigenvalue weighted by molar-refractivity contribution is 4.81. The van der Waals surface area contributed by atoms with Crippen LogP contribution in [0.4, 0.5) is 0 Å². The summed E-state index contributed by atoms with van der Waals surface area (Å²) in [5, 5.41) is 13.6. The monoisotopic (exact) mass is 314 g/mol. The minimum atomic E-state index is -0.359. The Balaban J connectivity index is 1.60. The van der Waals surface area contributed by atoms with Crippen molar-refractivity contribution in [3.05, 3.63) is 0 Å². The van der Waals surface area contributed by atoms with Crippen molar-refractivity contribution in [3.63, 3.8) is 0 Å². The van der Waals surface area contributed by atoms with Gasteiger partial charge in [0, 0.05) is 39.0 Å². The molecule has 0 aliphatic carbocycles. The fourth-order valence-electron chi connectivity index (χ4n) is 3.78. The number of nitrogens with zero attached hydrogens (tertiary/aromatic N) is 1. The molecule has 2 fully saturated rings. The van der Waals surface area contributed by atoms with Crippen LogP contribution in [-0.4, -0.2) is 74.8 Å². The van der Waals surface area contributed by atoms with Gasteiger partial charge in [-0.3, -0.25) is 0 Å². The van der Waals surface area contributed by atoms with E-state index in [4.69, 9.17) is 9.47 Å². The normalized spacial score (nSPS) is 25.2. The van der Waals surface area contributed by atoms with E-state index in [1.54, 1.807) is 7.11 Å². The highest BCUT2D eigenvalue weighted by Crippen LogP contribution is 2.21. The van der Waals surface area contributed by atoms with Gasteiger partial charge in [0.15, 0.2) is 0 Å². The second-order valence-corrected chi connectivity index (χ2v) is 7.04. The molecule has 2 atom stereocenters. The van der Waals surface area contributed by atoms with Crippen molar-refractivity contribution in [2.75, 3.05) is 46.6 Å². The lowest BCUT2D eigenvalue weighted by atomic mass is 9.92. The van der Waals surface area contributed by atoms with Crippen LogP contribution in [0.25, 0.3) is 0 Å². The lowest BCUT2D eigenvalue weighted by Gasteiger charge is -2.35. The minimum Gasteiger partial charge on any atom is -0.389 e. The second-order valence-electron chi connectivity index (χ2n) is 7.04. The summed E-state index contributed by atoms with van der Waals surface area (Å²) in [6, 6.07) is 1.23. The first-order valence-corrected chi connectivity index (χ1v) is 8.90. The molecular formula is C17H34N2O3. The number of aliphatic hydroxyl groups excluding tert-OH is 1. The first-order valence-electron chi connectivity index (χ1n) is 8.90. The van der Waals surface area contributed by atoms with Gasteiger partial charge in [0.2, 0.25) is 0 Å². The quantitative estimate of drug-likeness (QED) is 0.706. The standard InChI is InChI=1S/C17H34N2O3/c1-14(11-15-5-9-22-10-6-15)18-16-3-7-19(8-4-16)12-17(20)13-21-2/h14-18,20H,3-13H2,1-2H3. The molecule has 0 bridgehead atoms. The topological polar surface area (TPSA) is 54.0 Å². The average molecular weight is 314 g/mol. The number of nitrogens with one attached hydrogen (secondary N) is 1. The summed E-state index contributed by atoms with van der Waals surface area (Å²) in [6.07, 6.45) is 5.72. The number of likely N-dealkylation sites (tertiary alicyclic amines) is 1. The van der Waals surface area contributed by atoms with Gasteiger partial charge in [-0.2, -0.15) is 0 Å². The van der Waals surface area contributed by atoms with E-state index >= 15 is 0 Å². The number of methoxy groups -OCH3 is 1. The molecule has 0 radical (unpaired) electrons. The van der Waals surface area contributed by atoms with E-state index in [9.17, 15) is 5.11 Å². The van der Waals surface area contributed by atoms with Crippen molar-refractivity contribution in [1.29, 1.82) is 0 Å². The van der Waals surface area contributed by atoms with Crippen LogP contribution in [0.15, 0.2) is 0 Å². The zero-order valence-corrected chi connectivity index (χ0v) is 14.3. The molecule has 22 heavy (non-hydrogen) atoms. The smallest absolute Gasteiger partial charge is 0.0900 e. The summed E-state index contributed by atoms with van der Waals surface area (Å²) < 4.78 is 10.4. The number of hydrogen-bond donors (Lipinski definition) is 2. The average Bonchev–Trinajstić information content (AvgIpc) is 2.50. The van der Waals surface area contributed by atoms with E-state index in [2.05, 4.69) is 17.1 Å². The molecule has 0 aromatic heterocycles. The summed E-state index contributed by atoms with van der Waals surface area (Å²) in [7, 11) is 1.64. The van der Waals surface area contributed by atoms with E-state index in [0.29, 0.717) is 18.7 Å². The van der Waals surface area contributed by atoms with Crippen molar-refractivity contribution < 1.29 is 14.6 Å². The molecule has 0 aromatic carbocycles. The largest absolute Gasteiger partial charge is 0.389 e. The van der Waals surface area contributed by atoms with Crippen LogP contribution in [0.5, 0.6) is 0 Å². The third-order valence-electron chi connectivity index (χ3n) is 4.96. The maximum Gasteiger partial charge on any atom is 0.0900 e. The van der Waals surface area contributed by atoms with Crippen LogP contribution >= 0.6 is 0 Å². The van der Waals surface area contributed by atoms with Crippen molar-refractivity contribution >= 4 is 0 Å². The summed E-state index contributed by atoms with van der Waals surface area (Å²) in [4.78, 5) is 2.35. The first-order chi connectivity index (χ1) is 10.7. The third kappa shape index (κ3) is 6.50. The molecule has 2 rings (SSSR count). The summed E-state index contributed by atoms with van der Waals surface area (Å²) >= 11 is 0. The van der Waals surface area contributed by atoms with E-state index in [1.807, 2.05) is 0 Å². The van der Waals surface area contributed by atoms with Crippen molar-refractivity contribution in [2.24, 2.45) is 5.92 Å². The molecule has 2 aliphatic heterocycles. The van der Waals surface area contributed by atoms with Crippen LogP contribution in [0.3, 0.4) is 0 Å².